The van der Waals surface area contributed by atoms with E-state index in [0.29, 0.717) is 17.5 Å². The minimum atomic E-state index is -1.59. The van der Waals surface area contributed by atoms with Gasteiger partial charge in [0, 0.05) is 6.42 Å². The fourth-order valence-corrected chi connectivity index (χ4v) is 4.18. The lowest BCUT2D eigenvalue weighted by Crippen LogP contribution is -2.58. The third-order valence-electron chi connectivity index (χ3n) is 6.56. The van der Waals surface area contributed by atoms with Crippen LogP contribution in [0.1, 0.15) is 38.8 Å². The van der Waals surface area contributed by atoms with Gasteiger partial charge in [-0.25, -0.2) is 14.2 Å². The van der Waals surface area contributed by atoms with Crippen molar-refractivity contribution in [1.29, 1.82) is 0 Å². The number of carboxylic acid groups (broad SMARTS) is 1. The number of benzene rings is 2. The van der Waals surface area contributed by atoms with Gasteiger partial charge < -0.3 is 25.8 Å². The van der Waals surface area contributed by atoms with Crippen molar-refractivity contribution in [3.63, 3.8) is 0 Å². The molecule has 0 aliphatic rings. The van der Waals surface area contributed by atoms with E-state index in [1.54, 1.807) is 68.4 Å². The number of aromatic nitrogens is 2. The molecular weight excluding hydrogens is 492 g/mol. The van der Waals surface area contributed by atoms with Gasteiger partial charge in [0.2, 0.25) is 11.8 Å². The quantitative estimate of drug-likeness (QED) is 0.249. The summed E-state index contributed by atoms with van der Waals surface area (Å²) in [5, 5.41) is 24.3. The maximum absolute atomic E-state index is 13.7. The molecule has 0 saturated heterocycles. The topological polar surface area (TPSA) is 171 Å². The van der Waals surface area contributed by atoms with Gasteiger partial charge in [0.15, 0.2) is 6.04 Å². The van der Waals surface area contributed by atoms with E-state index < -0.39 is 59.2 Å². The Morgan fingerprint density at radius 3 is 2.13 bits per heavy atom. The summed E-state index contributed by atoms with van der Waals surface area (Å²) in [5.41, 5.74) is -0.441. The second-order valence-corrected chi connectivity index (χ2v) is 9.29. The van der Waals surface area contributed by atoms with Crippen LogP contribution < -0.4 is 21.9 Å². The van der Waals surface area contributed by atoms with E-state index in [1.807, 2.05) is 0 Å². The number of carboxylic acids is 1. The molecule has 0 spiro atoms. The zero-order chi connectivity index (χ0) is 28.0. The molecule has 202 valence electrons. The summed E-state index contributed by atoms with van der Waals surface area (Å²) in [6, 6.07) is 11.1. The third kappa shape index (κ3) is 6.35. The second-order valence-electron chi connectivity index (χ2n) is 9.29. The first-order valence-corrected chi connectivity index (χ1v) is 12.3. The average molecular weight is 525 g/mol. The second kappa shape index (κ2) is 12.3. The van der Waals surface area contributed by atoms with Crippen molar-refractivity contribution in [3.8, 4) is 0 Å². The Labute approximate surface area is 218 Å². The molecule has 0 aliphatic heterocycles. The number of aliphatic hydroxyl groups excluding tert-OH is 1. The van der Waals surface area contributed by atoms with Crippen molar-refractivity contribution < 1.29 is 24.6 Å². The Bertz CT molecular complexity index is 1410. The van der Waals surface area contributed by atoms with Crippen LogP contribution in [-0.2, 0) is 20.8 Å². The Kier molecular flexibility index (Phi) is 9.19. The van der Waals surface area contributed by atoms with Gasteiger partial charge >= 0.3 is 11.7 Å². The molecule has 0 saturated carbocycles. The number of H-pyrrole nitrogens is 1. The smallest absolute Gasteiger partial charge is 0.329 e. The summed E-state index contributed by atoms with van der Waals surface area (Å²) in [7, 11) is 0. The van der Waals surface area contributed by atoms with Crippen LogP contribution in [0.5, 0.6) is 0 Å². The molecule has 3 aromatic rings. The summed E-state index contributed by atoms with van der Waals surface area (Å²) in [5.74, 6) is -3.44. The summed E-state index contributed by atoms with van der Waals surface area (Å²) in [6.45, 7) is 4.72. The maximum Gasteiger partial charge on any atom is 0.329 e. The lowest BCUT2D eigenvalue weighted by atomic mass is 9.96. The predicted octanol–water partition coefficient (Wildman–Crippen LogP) is 0.955. The Hall–Kier alpha value is -4.25. The molecule has 11 nitrogen and oxygen atoms in total. The van der Waals surface area contributed by atoms with Crippen LogP contribution in [0.4, 0.5) is 0 Å². The number of aliphatic hydroxyl groups is 1. The van der Waals surface area contributed by atoms with E-state index in [4.69, 9.17) is 0 Å². The van der Waals surface area contributed by atoms with Crippen molar-refractivity contribution >= 4 is 28.7 Å². The predicted molar refractivity (Wildman–Crippen MR) is 141 cm³/mol. The van der Waals surface area contributed by atoms with Crippen LogP contribution in [0, 0.1) is 5.92 Å². The molecule has 2 aromatic carbocycles. The van der Waals surface area contributed by atoms with Crippen LogP contribution in [0.3, 0.4) is 0 Å². The van der Waals surface area contributed by atoms with Crippen LogP contribution >= 0.6 is 0 Å². The zero-order valence-electron chi connectivity index (χ0n) is 21.4. The number of rotatable bonds is 11. The van der Waals surface area contributed by atoms with Gasteiger partial charge in [-0.3, -0.25) is 14.4 Å². The number of amides is 2. The van der Waals surface area contributed by atoms with Crippen LogP contribution in [-0.4, -0.2) is 55.7 Å². The molecule has 0 fully saturated rings. The highest BCUT2D eigenvalue weighted by Gasteiger charge is 2.34. The molecule has 5 atom stereocenters. The molecule has 38 heavy (non-hydrogen) atoms. The van der Waals surface area contributed by atoms with E-state index in [-0.39, 0.29) is 11.8 Å². The van der Waals surface area contributed by atoms with E-state index in [1.165, 1.54) is 6.92 Å². The van der Waals surface area contributed by atoms with Crippen molar-refractivity contribution in [2.24, 2.45) is 5.92 Å². The van der Waals surface area contributed by atoms with Gasteiger partial charge in [-0.2, -0.15) is 0 Å². The normalized spacial score (nSPS) is 15.2. The summed E-state index contributed by atoms with van der Waals surface area (Å²) < 4.78 is 0.839. The van der Waals surface area contributed by atoms with E-state index in [0.717, 1.165) is 4.57 Å². The molecule has 0 radical (unpaired) electrons. The number of fused-ring (bicyclic) bond motifs is 1. The number of carbonyl (C=O) groups excluding carboxylic acids is 2. The highest BCUT2D eigenvalue weighted by molar-refractivity contribution is 5.92. The maximum atomic E-state index is 13.7. The summed E-state index contributed by atoms with van der Waals surface area (Å²) in [4.78, 5) is 67.4. The van der Waals surface area contributed by atoms with Crippen molar-refractivity contribution in [2.75, 3.05) is 0 Å². The number of hydrogen-bond donors (Lipinski definition) is 5. The van der Waals surface area contributed by atoms with E-state index >= 15 is 0 Å². The summed E-state index contributed by atoms with van der Waals surface area (Å²) in [6.07, 6.45) is -0.955. The molecule has 1 heterocycles. The van der Waals surface area contributed by atoms with Gasteiger partial charge in [-0.05, 0) is 30.5 Å². The minimum Gasteiger partial charge on any atom is -0.480 e. The van der Waals surface area contributed by atoms with Crippen LogP contribution in [0.25, 0.3) is 10.9 Å². The van der Waals surface area contributed by atoms with Crippen molar-refractivity contribution in [3.05, 3.63) is 81.0 Å². The standard InChI is InChI=1S/C27H32N4O7/c1-4-15(2)21(24(34)30-22(16(3)32)26(36)37)29-23(33)20(14-17-10-6-5-7-11-17)31-25(35)18-12-8-9-13-19(18)28-27(31)38/h5-13,15-16,20-22,32H,4,14H2,1-3H3,(H,28,38)(H,29,33)(H,30,34)(H,36,37)/t15-,16+,20-,21-,22-/m0/s1. The molecule has 5 N–H and O–H groups in total. The lowest BCUT2D eigenvalue weighted by molar-refractivity contribution is -0.145. The Balaban J connectivity index is 2.04. The highest BCUT2D eigenvalue weighted by atomic mass is 16.4. The largest absolute Gasteiger partial charge is 0.480 e. The molecule has 1 aromatic heterocycles. The van der Waals surface area contributed by atoms with E-state index in [9.17, 15) is 34.2 Å². The van der Waals surface area contributed by atoms with Gasteiger partial charge in [-0.15, -0.1) is 0 Å². The van der Waals surface area contributed by atoms with Crippen molar-refractivity contribution in [2.45, 2.75) is 57.8 Å². The van der Waals surface area contributed by atoms with Gasteiger partial charge in [0.1, 0.15) is 12.1 Å². The summed E-state index contributed by atoms with van der Waals surface area (Å²) >= 11 is 0. The van der Waals surface area contributed by atoms with Crippen LogP contribution in [0.2, 0.25) is 0 Å². The number of carbonyl (C=O) groups is 3. The number of hydrogen-bond acceptors (Lipinski definition) is 6. The zero-order valence-corrected chi connectivity index (χ0v) is 21.4. The molecular formula is C27H32N4O7. The highest BCUT2D eigenvalue weighted by Crippen LogP contribution is 2.16. The first kappa shape index (κ1) is 28.3. The fraction of sp³-hybridized carbons (Fsp3) is 0.370. The fourth-order valence-electron chi connectivity index (χ4n) is 4.18. The Morgan fingerprint density at radius 1 is 0.921 bits per heavy atom. The number of nitrogens with one attached hydrogen (secondary N) is 3. The lowest BCUT2D eigenvalue weighted by Gasteiger charge is -2.28. The van der Waals surface area contributed by atoms with Gasteiger partial charge in [0.05, 0.1) is 17.0 Å². The molecule has 11 heteroatoms. The van der Waals surface area contributed by atoms with E-state index in [2.05, 4.69) is 15.6 Å². The number of aliphatic carboxylic acids is 1. The Morgan fingerprint density at radius 2 is 1.53 bits per heavy atom. The molecule has 0 bridgehead atoms. The molecule has 0 unspecified atom stereocenters. The minimum absolute atomic E-state index is 0.0196. The van der Waals surface area contributed by atoms with Gasteiger partial charge in [0.25, 0.3) is 5.56 Å². The SMILES string of the molecule is CC[C@H](C)[C@H](NC(=O)[C@H](Cc1ccccc1)n1c(=O)[nH]c2ccccc2c1=O)C(=O)N[C@H](C(=O)O)[C@@H](C)O. The third-order valence-corrected chi connectivity index (χ3v) is 6.56. The number of aromatic amines is 1. The van der Waals surface area contributed by atoms with Crippen molar-refractivity contribution in [1.82, 2.24) is 20.2 Å². The number of para-hydroxylation sites is 1. The molecule has 0 aliphatic carbocycles. The monoisotopic (exact) mass is 524 g/mol. The van der Waals surface area contributed by atoms with Gasteiger partial charge in [-0.1, -0.05) is 62.7 Å². The average Bonchev–Trinajstić information content (AvgIpc) is 2.89. The number of nitrogens with zero attached hydrogens (tertiary/aromatic N) is 1. The first-order chi connectivity index (χ1) is 18.0. The molecule has 2 amide bonds. The molecule has 3 rings (SSSR count). The first-order valence-electron chi connectivity index (χ1n) is 12.3. The van der Waals surface area contributed by atoms with Crippen LogP contribution in [0.15, 0.2) is 64.2 Å².